The standard InChI is InChI=1S/C12H11BrN2O4/c13-10-4-2-9(19-10)3-5-12(17)18-8-11(16)15-7-1-6-14/h2-5H,1,7-8H2,(H,15,16)/b5-3+. The Hall–Kier alpha value is -2.07. The maximum atomic E-state index is 11.3. The Bertz CT molecular complexity index is 516. The van der Waals surface area contributed by atoms with Crippen LogP contribution in [0.3, 0.4) is 0 Å². The molecule has 0 aliphatic rings. The van der Waals surface area contributed by atoms with E-state index in [9.17, 15) is 9.59 Å². The van der Waals surface area contributed by atoms with Crippen LogP contribution in [0.25, 0.3) is 6.08 Å². The third kappa shape index (κ3) is 6.43. The lowest BCUT2D eigenvalue weighted by Gasteiger charge is -2.02. The van der Waals surface area contributed by atoms with Crippen LogP contribution in [-0.4, -0.2) is 25.0 Å². The van der Waals surface area contributed by atoms with Gasteiger partial charge in [-0.1, -0.05) is 0 Å². The van der Waals surface area contributed by atoms with Gasteiger partial charge >= 0.3 is 5.97 Å². The van der Waals surface area contributed by atoms with Crippen LogP contribution in [-0.2, 0) is 14.3 Å². The summed E-state index contributed by atoms with van der Waals surface area (Å²) in [5.41, 5.74) is 0. The summed E-state index contributed by atoms with van der Waals surface area (Å²) in [7, 11) is 0. The van der Waals surface area contributed by atoms with Gasteiger partial charge in [0.25, 0.3) is 5.91 Å². The van der Waals surface area contributed by atoms with Crippen molar-refractivity contribution in [2.75, 3.05) is 13.2 Å². The molecular formula is C12H11BrN2O4. The van der Waals surface area contributed by atoms with Crippen molar-refractivity contribution in [1.82, 2.24) is 5.32 Å². The number of hydrogen-bond acceptors (Lipinski definition) is 5. The molecule has 0 spiro atoms. The van der Waals surface area contributed by atoms with Gasteiger partial charge < -0.3 is 14.5 Å². The molecule has 1 N–H and O–H groups in total. The Kier molecular flexibility index (Phi) is 6.39. The Morgan fingerprint density at radius 1 is 1.53 bits per heavy atom. The molecule has 0 bridgehead atoms. The molecule has 1 rings (SSSR count). The second-order valence-corrected chi connectivity index (χ2v) is 4.12. The highest BCUT2D eigenvalue weighted by molar-refractivity contribution is 9.10. The number of esters is 1. The van der Waals surface area contributed by atoms with Gasteiger partial charge in [0.2, 0.25) is 0 Å². The SMILES string of the molecule is N#CCCNC(=O)COC(=O)/C=C/c1ccc(Br)o1. The monoisotopic (exact) mass is 326 g/mol. The summed E-state index contributed by atoms with van der Waals surface area (Å²) in [5.74, 6) is -0.608. The Balaban J connectivity index is 2.26. The molecule has 0 unspecified atom stereocenters. The van der Waals surface area contributed by atoms with Crippen LogP contribution in [0, 0.1) is 11.3 Å². The van der Waals surface area contributed by atoms with Crippen molar-refractivity contribution < 1.29 is 18.7 Å². The second-order valence-electron chi connectivity index (χ2n) is 3.34. The number of carbonyl (C=O) groups excluding carboxylic acids is 2. The number of amides is 1. The second kappa shape index (κ2) is 8.11. The van der Waals surface area contributed by atoms with Gasteiger partial charge in [-0.2, -0.15) is 5.26 Å². The molecule has 0 aromatic carbocycles. The maximum absolute atomic E-state index is 11.3. The number of ether oxygens (including phenoxy) is 1. The number of nitriles is 1. The normalized spacial score (nSPS) is 10.1. The van der Waals surface area contributed by atoms with Gasteiger partial charge in [0, 0.05) is 12.6 Å². The van der Waals surface area contributed by atoms with E-state index in [0.29, 0.717) is 10.4 Å². The van der Waals surface area contributed by atoms with Crippen molar-refractivity contribution in [3.63, 3.8) is 0 Å². The molecule has 19 heavy (non-hydrogen) atoms. The lowest BCUT2D eigenvalue weighted by molar-refractivity contribution is -0.143. The fourth-order valence-electron chi connectivity index (χ4n) is 1.06. The van der Waals surface area contributed by atoms with Crippen molar-refractivity contribution in [2.45, 2.75) is 6.42 Å². The summed E-state index contributed by atoms with van der Waals surface area (Å²) in [6.07, 6.45) is 2.81. The largest absolute Gasteiger partial charge is 0.452 e. The average molecular weight is 327 g/mol. The Morgan fingerprint density at radius 2 is 2.32 bits per heavy atom. The first kappa shape index (κ1) is 15.0. The molecule has 0 atom stereocenters. The molecule has 7 heteroatoms. The van der Waals surface area contributed by atoms with E-state index in [1.165, 1.54) is 6.08 Å². The first-order valence-electron chi connectivity index (χ1n) is 5.35. The van der Waals surface area contributed by atoms with E-state index >= 15 is 0 Å². The molecule has 100 valence electrons. The zero-order valence-electron chi connectivity index (χ0n) is 9.89. The van der Waals surface area contributed by atoms with E-state index in [4.69, 9.17) is 9.68 Å². The molecular weight excluding hydrogens is 316 g/mol. The number of carbonyl (C=O) groups is 2. The van der Waals surface area contributed by atoms with Crippen LogP contribution in [0.15, 0.2) is 27.3 Å². The van der Waals surface area contributed by atoms with Crippen LogP contribution in [0.1, 0.15) is 12.2 Å². The van der Waals surface area contributed by atoms with Crippen molar-refractivity contribution in [3.05, 3.63) is 28.6 Å². The predicted octanol–water partition coefficient (Wildman–Crippen LogP) is 1.63. The highest BCUT2D eigenvalue weighted by atomic mass is 79.9. The highest BCUT2D eigenvalue weighted by Gasteiger charge is 2.04. The molecule has 0 fully saturated rings. The van der Waals surface area contributed by atoms with Crippen LogP contribution in [0.5, 0.6) is 0 Å². The smallest absolute Gasteiger partial charge is 0.331 e. The van der Waals surface area contributed by atoms with Gasteiger partial charge in [-0.3, -0.25) is 4.79 Å². The third-order valence-corrected chi connectivity index (χ3v) is 2.31. The highest BCUT2D eigenvalue weighted by Crippen LogP contribution is 2.14. The fraction of sp³-hybridized carbons (Fsp3) is 0.250. The zero-order chi connectivity index (χ0) is 14.1. The van der Waals surface area contributed by atoms with Crippen LogP contribution < -0.4 is 5.32 Å². The van der Waals surface area contributed by atoms with Gasteiger partial charge in [0.1, 0.15) is 5.76 Å². The predicted molar refractivity (Wildman–Crippen MR) is 69.6 cm³/mol. The van der Waals surface area contributed by atoms with Crippen LogP contribution in [0.2, 0.25) is 0 Å². The molecule has 0 saturated carbocycles. The number of halogens is 1. The fourth-order valence-corrected chi connectivity index (χ4v) is 1.38. The molecule has 1 amide bonds. The van der Waals surface area contributed by atoms with Crippen molar-refractivity contribution in [1.29, 1.82) is 5.26 Å². The van der Waals surface area contributed by atoms with E-state index in [0.717, 1.165) is 6.08 Å². The van der Waals surface area contributed by atoms with Gasteiger partial charge in [-0.15, -0.1) is 0 Å². The number of furan rings is 1. The molecule has 0 aliphatic carbocycles. The van der Waals surface area contributed by atoms with E-state index in [1.54, 1.807) is 12.1 Å². The summed E-state index contributed by atoms with van der Waals surface area (Å²) in [4.78, 5) is 22.4. The summed E-state index contributed by atoms with van der Waals surface area (Å²) < 4.78 is 10.4. The van der Waals surface area contributed by atoms with E-state index in [1.807, 2.05) is 6.07 Å². The van der Waals surface area contributed by atoms with Gasteiger partial charge in [0.15, 0.2) is 11.3 Å². The van der Waals surface area contributed by atoms with Crippen molar-refractivity contribution >= 4 is 33.9 Å². The third-order valence-electron chi connectivity index (χ3n) is 1.88. The minimum Gasteiger partial charge on any atom is -0.452 e. The van der Waals surface area contributed by atoms with Crippen LogP contribution in [0.4, 0.5) is 0 Å². The number of hydrogen-bond donors (Lipinski definition) is 1. The van der Waals surface area contributed by atoms with E-state index in [-0.39, 0.29) is 19.6 Å². The molecule has 1 heterocycles. The number of nitrogens with one attached hydrogen (secondary N) is 1. The maximum Gasteiger partial charge on any atom is 0.331 e. The summed E-state index contributed by atoms with van der Waals surface area (Å²) in [6, 6.07) is 5.24. The number of nitrogens with zero attached hydrogens (tertiary/aromatic N) is 1. The average Bonchev–Trinajstić information content (AvgIpc) is 2.80. The topological polar surface area (TPSA) is 92.3 Å². The molecule has 6 nitrogen and oxygen atoms in total. The summed E-state index contributed by atoms with van der Waals surface area (Å²) in [5, 5.41) is 10.7. The summed E-state index contributed by atoms with van der Waals surface area (Å²) in [6.45, 7) is -0.139. The lowest BCUT2D eigenvalue weighted by atomic mass is 10.4. The lowest BCUT2D eigenvalue weighted by Crippen LogP contribution is -2.29. The minimum atomic E-state index is -0.650. The summed E-state index contributed by atoms with van der Waals surface area (Å²) >= 11 is 3.13. The van der Waals surface area contributed by atoms with E-state index in [2.05, 4.69) is 26.0 Å². The number of rotatable bonds is 6. The first-order valence-corrected chi connectivity index (χ1v) is 6.15. The van der Waals surface area contributed by atoms with Gasteiger partial charge in [0.05, 0.1) is 12.5 Å². The molecule has 0 saturated heterocycles. The molecule has 1 aromatic rings. The van der Waals surface area contributed by atoms with Crippen molar-refractivity contribution in [2.24, 2.45) is 0 Å². The van der Waals surface area contributed by atoms with Gasteiger partial charge in [-0.25, -0.2) is 4.79 Å². The zero-order valence-corrected chi connectivity index (χ0v) is 11.5. The van der Waals surface area contributed by atoms with Gasteiger partial charge in [-0.05, 0) is 34.1 Å². The van der Waals surface area contributed by atoms with E-state index < -0.39 is 11.9 Å². The van der Waals surface area contributed by atoms with Crippen LogP contribution >= 0.6 is 15.9 Å². The Labute approximate surface area is 118 Å². The first-order chi connectivity index (χ1) is 9.11. The quantitative estimate of drug-likeness (QED) is 0.487. The minimum absolute atomic E-state index is 0.215. The molecule has 0 aliphatic heterocycles. The molecule has 0 radical (unpaired) electrons. The van der Waals surface area contributed by atoms with Crippen molar-refractivity contribution in [3.8, 4) is 6.07 Å². The Morgan fingerprint density at radius 3 is 2.95 bits per heavy atom. The molecule has 1 aromatic heterocycles.